The first-order valence-corrected chi connectivity index (χ1v) is 8.17. The van der Waals surface area contributed by atoms with Crippen molar-refractivity contribution in [3.63, 3.8) is 0 Å². The predicted octanol–water partition coefficient (Wildman–Crippen LogP) is 3.42. The first-order chi connectivity index (χ1) is 9.74. The molecule has 9 heteroatoms. The van der Waals surface area contributed by atoms with Crippen molar-refractivity contribution in [1.29, 1.82) is 0 Å². The van der Waals surface area contributed by atoms with Gasteiger partial charge in [0.2, 0.25) is 0 Å². The zero-order valence-corrected chi connectivity index (χ0v) is 12.4. The summed E-state index contributed by atoms with van der Waals surface area (Å²) in [5, 5.41) is 0.596. The molecule has 2 aromatic rings. The van der Waals surface area contributed by atoms with Gasteiger partial charge < -0.3 is 4.98 Å². The minimum absolute atomic E-state index is 0.591. The molecule has 0 bridgehead atoms. The zero-order valence-electron chi connectivity index (χ0n) is 10.8. The van der Waals surface area contributed by atoms with E-state index in [0.29, 0.717) is 10.1 Å². The molecule has 1 aromatic carbocycles. The lowest BCUT2D eigenvalue weighted by atomic mass is 10.4. The van der Waals surface area contributed by atoms with Crippen molar-refractivity contribution in [2.75, 3.05) is 0 Å². The highest BCUT2D eigenvalue weighted by atomic mass is 32.2. The van der Waals surface area contributed by atoms with Crippen molar-refractivity contribution >= 4 is 21.6 Å². The number of alkyl halides is 3. The van der Waals surface area contributed by atoms with Crippen LogP contribution < -0.4 is 0 Å². The van der Waals surface area contributed by atoms with Gasteiger partial charge in [-0.05, 0) is 30.7 Å². The number of sulfone groups is 1. The lowest BCUT2D eigenvalue weighted by Gasteiger charge is -2.08. The summed E-state index contributed by atoms with van der Waals surface area (Å²) in [5.74, 6) is 0. The van der Waals surface area contributed by atoms with E-state index in [9.17, 15) is 21.6 Å². The first-order valence-electron chi connectivity index (χ1n) is 5.87. The van der Waals surface area contributed by atoms with E-state index in [0.717, 1.165) is 24.2 Å². The number of aromatic nitrogens is 2. The van der Waals surface area contributed by atoms with Crippen LogP contribution in [0.4, 0.5) is 13.2 Å². The number of H-pyrrole nitrogens is 1. The second-order valence-corrected chi connectivity index (χ2v) is 7.09. The monoisotopic (exact) mass is 336 g/mol. The third kappa shape index (κ3) is 3.41. The molecule has 21 heavy (non-hydrogen) atoms. The van der Waals surface area contributed by atoms with E-state index in [1.807, 2.05) is 6.92 Å². The molecule has 0 spiro atoms. The van der Waals surface area contributed by atoms with Crippen molar-refractivity contribution in [2.24, 2.45) is 0 Å². The molecule has 0 radical (unpaired) electrons. The van der Waals surface area contributed by atoms with Gasteiger partial charge in [0.15, 0.2) is 5.16 Å². The van der Waals surface area contributed by atoms with E-state index >= 15 is 0 Å². The molecule has 114 valence electrons. The molecule has 2 rings (SSSR count). The maximum Gasteiger partial charge on any atom is 0.501 e. The van der Waals surface area contributed by atoms with Gasteiger partial charge in [0, 0.05) is 16.8 Å². The second-order valence-electron chi connectivity index (χ2n) is 4.09. The number of nitrogens with one attached hydrogen (secondary N) is 1. The molecule has 1 N–H and O–H groups in total. The average molecular weight is 336 g/mol. The van der Waals surface area contributed by atoms with Crippen LogP contribution in [0, 0.1) is 0 Å². The van der Waals surface area contributed by atoms with Gasteiger partial charge in [-0.25, -0.2) is 13.4 Å². The van der Waals surface area contributed by atoms with Crippen LogP contribution in [0.1, 0.15) is 12.6 Å². The predicted molar refractivity (Wildman–Crippen MR) is 71.8 cm³/mol. The van der Waals surface area contributed by atoms with Crippen LogP contribution in [0.15, 0.2) is 45.4 Å². The summed E-state index contributed by atoms with van der Waals surface area (Å²) < 4.78 is 59.6. The molecule has 0 saturated carbocycles. The van der Waals surface area contributed by atoms with Crippen LogP contribution >= 0.6 is 11.8 Å². The number of hydrogen-bond donors (Lipinski definition) is 1. The molecule has 4 nitrogen and oxygen atoms in total. The fourth-order valence-electron chi connectivity index (χ4n) is 1.50. The molecular weight excluding hydrogens is 325 g/mol. The summed E-state index contributed by atoms with van der Waals surface area (Å²) in [7, 11) is -5.30. The Morgan fingerprint density at radius 1 is 1.24 bits per heavy atom. The lowest BCUT2D eigenvalue weighted by molar-refractivity contribution is -0.0436. The molecule has 0 amide bonds. The Labute approximate surface area is 123 Å². The number of benzene rings is 1. The van der Waals surface area contributed by atoms with Crippen LogP contribution in [0.25, 0.3) is 0 Å². The van der Waals surface area contributed by atoms with Crippen LogP contribution in [0.2, 0.25) is 0 Å². The molecule has 1 aromatic heterocycles. The summed E-state index contributed by atoms with van der Waals surface area (Å²) in [4.78, 5) is 6.96. The Hall–Kier alpha value is -1.48. The highest BCUT2D eigenvalue weighted by Crippen LogP contribution is 2.32. The Morgan fingerprint density at radius 2 is 1.86 bits per heavy atom. The summed E-state index contributed by atoms with van der Waals surface area (Å²) in [6.45, 7) is 1.96. The number of imidazole rings is 1. The quantitative estimate of drug-likeness (QED) is 0.929. The molecule has 0 atom stereocenters. The van der Waals surface area contributed by atoms with Gasteiger partial charge in [-0.1, -0.05) is 18.7 Å². The van der Waals surface area contributed by atoms with Crippen LogP contribution in [0.3, 0.4) is 0 Å². The SMILES string of the molecule is CCc1cnc(Sc2ccc(S(=O)(=O)C(F)(F)F)cc2)[nH]1. The van der Waals surface area contributed by atoms with Crippen LogP contribution in [-0.2, 0) is 16.3 Å². The van der Waals surface area contributed by atoms with Crippen molar-refractivity contribution in [3.8, 4) is 0 Å². The average Bonchev–Trinajstić information content (AvgIpc) is 2.86. The molecular formula is C12H11F3N2O2S2. The van der Waals surface area contributed by atoms with Crippen LogP contribution in [-0.4, -0.2) is 23.9 Å². The fraction of sp³-hybridized carbons (Fsp3) is 0.250. The van der Waals surface area contributed by atoms with Crippen molar-refractivity contribution < 1.29 is 21.6 Å². The summed E-state index contributed by atoms with van der Waals surface area (Å²) >= 11 is 1.21. The first kappa shape index (κ1) is 15.9. The number of nitrogens with zero attached hydrogens (tertiary/aromatic N) is 1. The maximum atomic E-state index is 12.4. The standard InChI is InChI=1S/C12H11F3N2O2S2/c1-2-8-7-16-11(17-8)20-9-3-5-10(6-4-9)21(18,19)12(13,14)15/h3-7H,2H2,1H3,(H,16,17). The van der Waals surface area contributed by atoms with E-state index in [2.05, 4.69) is 9.97 Å². The number of aromatic amines is 1. The van der Waals surface area contributed by atoms with E-state index in [-0.39, 0.29) is 0 Å². The summed E-state index contributed by atoms with van der Waals surface area (Å²) in [5.41, 5.74) is -4.35. The largest absolute Gasteiger partial charge is 0.501 e. The highest BCUT2D eigenvalue weighted by Gasteiger charge is 2.46. The van der Waals surface area contributed by atoms with Crippen LogP contribution in [0.5, 0.6) is 0 Å². The second kappa shape index (κ2) is 5.72. The van der Waals surface area contributed by atoms with E-state index in [1.54, 1.807) is 6.20 Å². The Kier molecular flexibility index (Phi) is 4.33. The summed E-state index contributed by atoms with van der Waals surface area (Å²) in [6, 6.07) is 4.51. The smallest absolute Gasteiger partial charge is 0.337 e. The minimum atomic E-state index is -5.30. The maximum absolute atomic E-state index is 12.4. The van der Waals surface area contributed by atoms with E-state index < -0.39 is 20.2 Å². The van der Waals surface area contributed by atoms with Gasteiger partial charge >= 0.3 is 5.51 Å². The highest BCUT2D eigenvalue weighted by molar-refractivity contribution is 7.99. The lowest BCUT2D eigenvalue weighted by Crippen LogP contribution is -2.23. The van der Waals surface area contributed by atoms with Gasteiger partial charge in [0.25, 0.3) is 9.84 Å². The molecule has 0 aliphatic rings. The van der Waals surface area contributed by atoms with Gasteiger partial charge in [0.05, 0.1) is 4.90 Å². The summed E-state index contributed by atoms with van der Waals surface area (Å²) in [6.07, 6.45) is 2.46. The minimum Gasteiger partial charge on any atom is -0.337 e. The molecule has 0 aliphatic carbocycles. The van der Waals surface area contributed by atoms with Crippen molar-refractivity contribution in [2.45, 2.75) is 33.8 Å². The van der Waals surface area contributed by atoms with Gasteiger partial charge in [-0.3, -0.25) is 0 Å². The third-order valence-corrected chi connectivity index (χ3v) is 5.05. The molecule has 1 heterocycles. The van der Waals surface area contributed by atoms with Crippen molar-refractivity contribution in [3.05, 3.63) is 36.2 Å². The molecule has 0 unspecified atom stereocenters. The number of aryl methyl sites for hydroxylation is 1. The van der Waals surface area contributed by atoms with E-state index in [4.69, 9.17) is 0 Å². The topological polar surface area (TPSA) is 62.8 Å². The zero-order chi connectivity index (χ0) is 15.7. The number of hydrogen-bond acceptors (Lipinski definition) is 4. The van der Waals surface area contributed by atoms with Crippen molar-refractivity contribution in [1.82, 2.24) is 9.97 Å². The number of halogens is 3. The normalized spacial score (nSPS) is 12.6. The van der Waals surface area contributed by atoms with Gasteiger partial charge in [-0.2, -0.15) is 13.2 Å². The van der Waals surface area contributed by atoms with Gasteiger partial charge in [0.1, 0.15) is 0 Å². The Morgan fingerprint density at radius 3 is 2.33 bits per heavy atom. The fourth-order valence-corrected chi connectivity index (χ4v) is 3.05. The van der Waals surface area contributed by atoms with Gasteiger partial charge in [-0.15, -0.1) is 0 Å². The third-order valence-electron chi connectivity index (χ3n) is 2.64. The molecule has 0 aliphatic heterocycles. The Balaban J connectivity index is 2.20. The molecule has 0 fully saturated rings. The Bertz CT molecular complexity index is 722. The molecule has 0 saturated heterocycles. The van der Waals surface area contributed by atoms with E-state index in [1.165, 1.54) is 23.9 Å². The number of rotatable bonds is 4.